The Bertz CT molecular complexity index is 466. The quantitative estimate of drug-likeness (QED) is 0.331. The Morgan fingerprint density at radius 1 is 1.29 bits per heavy atom. The van der Waals surface area contributed by atoms with Crippen molar-refractivity contribution in [2.24, 2.45) is 4.99 Å². The fraction of sp³-hybridized carbons (Fsp3) is 0.765. The van der Waals surface area contributed by atoms with E-state index in [0.717, 1.165) is 42.7 Å². The fourth-order valence-electron chi connectivity index (χ4n) is 2.44. The first-order valence-electron chi connectivity index (χ1n) is 8.62. The summed E-state index contributed by atoms with van der Waals surface area (Å²) in [6, 6.07) is 0.413. The van der Waals surface area contributed by atoms with Crippen molar-refractivity contribution >= 4 is 41.3 Å². The molecule has 1 atom stereocenters. The van der Waals surface area contributed by atoms with Crippen LogP contribution < -0.4 is 10.6 Å². The van der Waals surface area contributed by atoms with Crippen molar-refractivity contribution in [3.63, 3.8) is 0 Å². The van der Waals surface area contributed by atoms with E-state index in [4.69, 9.17) is 0 Å². The average Bonchev–Trinajstić information content (AvgIpc) is 2.86. The average molecular weight is 467 g/mol. The van der Waals surface area contributed by atoms with Crippen molar-refractivity contribution in [1.29, 1.82) is 0 Å². The third-order valence-electron chi connectivity index (χ3n) is 4.09. The highest BCUT2D eigenvalue weighted by molar-refractivity contribution is 14.0. The summed E-state index contributed by atoms with van der Waals surface area (Å²) in [5.41, 5.74) is 1.12. The molecule has 0 saturated carbocycles. The van der Waals surface area contributed by atoms with Gasteiger partial charge in [-0.1, -0.05) is 13.8 Å². The zero-order valence-electron chi connectivity index (χ0n) is 16.0. The number of halogens is 1. The molecule has 1 aromatic heterocycles. The van der Waals surface area contributed by atoms with Gasteiger partial charge in [0.2, 0.25) is 0 Å². The van der Waals surface area contributed by atoms with Gasteiger partial charge in [0.25, 0.3) is 0 Å². The lowest BCUT2D eigenvalue weighted by molar-refractivity contribution is 0.292. The van der Waals surface area contributed by atoms with Gasteiger partial charge >= 0.3 is 0 Å². The van der Waals surface area contributed by atoms with E-state index in [2.05, 4.69) is 60.1 Å². The Hall–Kier alpha value is -0.410. The van der Waals surface area contributed by atoms with Gasteiger partial charge in [-0.25, -0.2) is 4.98 Å². The van der Waals surface area contributed by atoms with Crippen LogP contribution in [0.25, 0.3) is 0 Å². The second kappa shape index (κ2) is 12.9. The minimum absolute atomic E-state index is 0. The van der Waals surface area contributed by atoms with Crippen molar-refractivity contribution in [2.75, 3.05) is 26.7 Å². The van der Waals surface area contributed by atoms with Crippen LogP contribution in [-0.2, 0) is 6.54 Å². The van der Waals surface area contributed by atoms with E-state index >= 15 is 0 Å². The molecule has 140 valence electrons. The lowest BCUT2D eigenvalue weighted by Crippen LogP contribution is -2.42. The number of aliphatic imine (C=N–C) groups is 1. The van der Waals surface area contributed by atoms with Crippen LogP contribution in [0.5, 0.6) is 0 Å². The monoisotopic (exact) mass is 467 g/mol. The van der Waals surface area contributed by atoms with E-state index in [1.54, 1.807) is 11.3 Å². The third-order valence-corrected chi connectivity index (χ3v) is 5.17. The maximum absolute atomic E-state index is 4.55. The smallest absolute Gasteiger partial charge is 0.191 e. The van der Waals surface area contributed by atoms with Gasteiger partial charge < -0.3 is 15.5 Å². The fourth-order valence-corrected chi connectivity index (χ4v) is 3.31. The molecule has 0 fully saturated rings. The first-order chi connectivity index (χ1) is 11.0. The molecule has 0 saturated heterocycles. The molecule has 1 aromatic rings. The second-order valence-corrected chi connectivity index (χ2v) is 7.18. The number of guanidine groups is 1. The third kappa shape index (κ3) is 8.62. The largest absolute Gasteiger partial charge is 0.354 e. The van der Waals surface area contributed by atoms with Crippen molar-refractivity contribution < 1.29 is 0 Å². The molecule has 0 radical (unpaired) electrons. The molecule has 0 aliphatic heterocycles. The molecule has 24 heavy (non-hydrogen) atoms. The molecule has 0 amide bonds. The number of rotatable bonds is 9. The summed E-state index contributed by atoms with van der Waals surface area (Å²) in [6.45, 7) is 15.0. The molecule has 0 aliphatic carbocycles. The van der Waals surface area contributed by atoms with Crippen molar-refractivity contribution in [1.82, 2.24) is 20.5 Å². The van der Waals surface area contributed by atoms with Crippen LogP contribution in [0, 0.1) is 13.8 Å². The minimum atomic E-state index is 0. The number of hydrogen-bond acceptors (Lipinski definition) is 4. The van der Waals surface area contributed by atoms with Crippen molar-refractivity contribution in [2.45, 2.75) is 60.0 Å². The summed E-state index contributed by atoms with van der Waals surface area (Å²) in [4.78, 5) is 12.6. The Morgan fingerprint density at radius 3 is 2.46 bits per heavy atom. The van der Waals surface area contributed by atoms with Crippen LogP contribution in [-0.4, -0.2) is 48.6 Å². The summed E-state index contributed by atoms with van der Waals surface area (Å²) in [7, 11) is 1.82. The number of nitrogens with one attached hydrogen (secondary N) is 2. The Labute approximate surface area is 168 Å². The molecular formula is C17H34IN5S. The van der Waals surface area contributed by atoms with Gasteiger partial charge in [0, 0.05) is 18.0 Å². The van der Waals surface area contributed by atoms with Crippen LogP contribution in [0.1, 0.15) is 49.2 Å². The minimum Gasteiger partial charge on any atom is -0.354 e. The molecule has 0 aliphatic rings. The highest BCUT2D eigenvalue weighted by Gasteiger charge is 2.08. The van der Waals surface area contributed by atoms with Crippen LogP contribution in [0.15, 0.2) is 4.99 Å². The zero-order valence-corrected chi connectivity index (χ0v) is 19.1. The van der Waals surface area contributed by atoms with E-state index in [0.29, 0.717) is 6.04 Å². The maximum atomic E-state index is 4.55. The van der Waals surface area contributed by atoms with Gasteiger partial charge in [-0.15, -0.1) is 35.3 Å². The van der Waals surface area contributed by atoms with Gasteiger partial charge in [-0.05, 0) is 53.2 Å². The number of thiazole rings is 1. The molecule has 0 bridgehead atoms. The molecule has 0 spiro atoms. The van der Waals surface area contributed by atoms with E-state index in [1.807, 2.05) is 7.05 Å². The zero-order chi connectivity index (χ0) is 17.2. The topological polar surface area (TPSA) is 52.5 Å². The maximum Gasteiger partial charge on any atom is 0.191 e. The summed E-state index contributed by atoms with van der Waals surface area (Å²) in [6.07, 6.45) is 2.35. The predicted molar refractivity (Wildman–Crippen MR) is 117 cm³/mol. The van der Waals surface area contributed by atoms with Crippen molar-refractivity contribution in [3.05, 3.63) is 15.6 Å². The lowest BCUT2D eigenvalue weighted by atomic mass is 10.2. The van der Waals surface area contributed by atoms with E-state index in [9.17, 15) is 0 Å². The normalized spacial score (nSPS) is 12.9. The van der Waals surface area contributed by atoms with Gasteiger partial charge in [0.15, 0.2) is 5.96 Å². The first kappa shape index (κ1) is 23.6. The summed E-state index contributed by atoms with van der Waals surface area (Å²) >= 11 is 1.75. The molecule has 1 unspecified atom stereocenters. The van der Waals surface area contributed by atoms with Crippen LogP contribution >= 0.6 is 35.3 Å². The first-order valence-corrected chi connectivity index (χ1v) is 9.44. The number of aryl methyl sites for hydroxylation is 2. The highest BCUT2D eigenvalue weighted by atomic mass is 127. The van der Waals surface area contributed by atoms with Crippen molar-refractivity contribution in [3.8, 4) is 0 Å². The molecule has 1 rings (SSSR count). The molecule has 5 nitrogen and oxygen atoms in total. The molecular weight excluding hydrogens is 433 g/mol. The summed E-state index contributed by atoms with van der Waals surface area (Å²) in [5.74, 6) is 0.853. The number of aromatic nitrogens is 1. The van der Waals surface area contributed by atoms with Gasteiger partial charge in [-0.2, -0.15) is 0 Å². The highest BCUT2D eigenvalue weighted by Crippen LogP contribution is 2.15. The van der Waals surface area contributed by atoms with Gasteiger partial charge in [0.05, 0.1) is 12.2 Å². The van der Waals surface area contributed by atoms with Crippen LogP contribution in [0.2, 0.25) is 0 Å². The Balaban J connectivity index is 0.00000529. The molecule has 7 heteroatoms. The van der Waals surface area contributed by atoms with E-state index in [1.165, 1.54) is 17.8 Å². The molecule has 2 N–H and O–H groups in total. The summed E-state index contributed by atoms with van der Waals surface area (Å²) < 4.78 is 0. The van der Waals surface area contributed by atoms with Crippen LogP contribution in [0.4, 0.5) is 0 Å². The Morgan fingerprint density at radius 2 is 1.96 bits per heavy atom. The SMILES string of the molecule is CCN(CC)CCCC(C)NC(=NC)NCc1nc(C)c(C)s1.I. The van der Waals surface area contributed by atoms with Crippen LogP contribution in [0.3, 0.4) is 0 Å². The molecule has 1 heterocycles. The van der Waals surface area contributed by atoms with E-state index < -0.39 is 0 Å². The Kier molecular flexibility index (Phi) is 12.7. The second-order valence-electron chi connectivity index (χ2n) is 5.89. The summed E-state index contributed by atoms with van der Waals surface area (Å²) in [5, 5.41) is 7.93. The lowest BCUT2D eigenvalue weighted by Gasteiger charge is -2.21. The predicted octanol–water partition coefficient (Wildman–Crippen LogP) is 3.55. The molecule has 0 aromatic carbocycles. The van der Waals surface area contributed by atoms with Gasteiger partial charge in [-0.3, -0.25) is 4.99 Å². The standard InChI is InChI=1S/C17H33N5S.HI/c1-7-22(8-2)11-9-10-13(3)20-17(18-6)19-12-16-21-14(4)15(5)23-16;/h13H,7-12H2,1-6H3,(H2,18,19,20);1H. The number of nitrogens with zero attached hydrogens (tertiary/aromatic N) is 3. The van der Waals surface area contributed by atoms with E-state index in [-0.39, 0.29) is 24.0 Å². The van der Waals surface area contributed by atoms with Gasteiger partial charge in [0.1, 0.15) is 5.01 Å². The number of hydrogen-bond donors (Lipinski definition) is 2.